The number of carbonyl (C=O) groups excluding carboxylic acids is 2. The number of amides is 2. The van der Waals surface area contributed by atoms with Crippen molar-refractivity contribution in [3.8, 4) is 0 Å². The minimum Gasteiger partial charge on any atom is -0.355 e. The Balaban J connectivity index is 1.66. The van der Waals surface area contributed by atoms with Gasteiger partial charge in [-0.15, -0.1) is 11.8 Å². The Labute approximate surface area is 181 Å². The van der Waals surface area contributed by atoms with E-state index < -0.39 is 10.0 Å². The molecule has 0 spiro atoms. The number of thioether (sulfide) groups is 1. The molecule has 1 N–H and O–H groups in total. The number of nitrogens with one attached hydrogen (secondary N) is 1. The third-order valence-corrected chi connectivity index (χ3v) is 7.62. The van der Waals surface area contributed by atoms with Gasteiger partial charge in [0.2, 0.25) is 21.8 Å². The molecule has 30 heavy (non-hydrogen) atoms. The first-order valence-electron chi connectivity index (χ1n) is 9.59. The van der Waals surface area contributed by atoms with Crippen LogP contribution in [0, 0.1) is 0 Å². The van der Waals surface area contributed by atoms with Crippen molar-refractivity contribution in [1.82, 2.24) is 9.62 Å². The Bertz CT molecular complexity index is 1020. The molecular weight excluding hydrogens is 422 g/mol. The topological polar surface area (TPSA) is 86.8 Å². The second-order valence-corrected chi connectivity index (χ2v) is 10.3. The summed E-state index contributed by atoms with van der Waals surface area (Å²) in [5.41, 5.74) is 1.66. The number of carbonyl (C=O) groups is 2. The molecule has 0 fully saturated rings. The van der Waals surface area contributed by atoms with Crippen molar-refractivity contribution >= 4 is 39.3 Å². The highest BCUT2D eigenvalue weighted by molar-refractivity contribution is 8.00. The van der Waals surface area contributed by atoms with Gasteiger partial charge in [0.15, 0.2) is 0 Å². The van der Waals surface area contributed by atoms with E-state index in [-0.39, 0.29) is 29.0 Å². The molecule has 0 saturated heterocycles. The predicted molar refractivity (Wildman–Crippen MR) is 118 cm³/mol. The number of hydrogen-bond donors (Lipinski definition) is 1. The molecule has 1 heterocycles. The first-order valence-corrected chi connectivity index (χ1v) is 12.0. The summed E-state index contributed by atoms with van der Waals surface area (Å²) in [6.45, 7) is 0.371. The zero-order chi connectivity index (χ0) is 21.7. The maximum Gasteiger partial charge on any atom is 0.242 e. The SMILES string of the molecule is CN(C)S(=O)(=O)c1ccc2c(c1)N(CC(=O)NCCCc1ccccc1)C(=O)CS2. The van der Waals surface area contributed by atoms with Gasteiger partial charge in [-0.05, 0) is 36.6 Å². The Morgan fingerprint density at radius 3 is 2.60 bits per heavy atom. The maximum atomic E-state index is 12.5. The molecule has 7 nitrogen and oxygen atoms in total. The first-order chi connectivity index (χ1) is 14.3. The summed E-state index contributed by atoms with van der Waals surface area (Å²) >= 11 is 1.34. The van der Waals surface area contributed by atoms with E-state index in [2.05, 4.69) is 5.32 Å². The van der Waals surface area contributed by atoms with Gasteiger partial charge in [0, 0.05) is 25.5 Å². The summed E-state index contributed by atoms with van der Waals surface area (Å²) in [5.74, 6) is -0.268. The zero-order valence-electron chi connectivity index (χ0n) is 17.0. The summed E-state index contributed by atoms with van der Waals surface area (Å²) in [6.07, 6.45) is 1.65. The summed E-state index contributed by atoms with van der Waals surface area (Å²) in [7, 11) is -0.731. The maximum absolute atomic E-state index is 12.5. The molecule has 0 saturated carbocycles. The van der Waals surface area contributed by atoms with Gasteiger partial charge in [0.05, 0.1) is 16.3 Å². The van der Waals surface area contributed by atoms with Crippen LogP contribution < -0.4 is 10.2 Å². The number of nitrogens with zero attached hydrogens (tertiary/aromatic N) is 2. The van der Waals surface area contributed by atoms with Crippen LogP contribution in [-0.2, 0) is 26.0 Å². The lowest BCUT2D eigenvalue weighted by Gasteiger charge is -2.29. The lowest BCUT2D eigenvalue weighted by molar-refractivity contribution is -0.123. The lowest BCUT2D eigenvalue weighted by atomic mass is 10.1. The van der Waals surface area contributed by atoms with Gasteiger partial charge in [-0.2, -0.15) is 0 Å². The predicted octanol–water partition coefficient (Wildman–Crippen LogP) is 2.12. The fourth-order valence-electron chi connectivity index (χ4n) is 3.09. The summed E-state index contributed by atoms with van der Waals surface area (Å²) in [6, 6.07) is 14.7. The van der Waals surface area contributed by atoms with Crippen molar-refractivity contribution in [2.45, 2.75) is 22.6 Å². The molecule has 2 amide bonds. The highest BCUT2D eigenvalue weighted by Crippen LogP contribution is 2.37. The molecular formula is C21H25N3O4S2. The van der Waals surface area contributed by atoms with E-state index in [0.717, 1.165) is 22.0 Å². The minimum atomic E-state index is -3.64. The highest BCUT2D eigenvalue weighted by atomic mass is 32.2. The molecule has 0 aliphatic carbocycles. The molecule has 0 aromatic heterocycles. The van der Waals surface area contributed by atoms with Gasteiger partial charge in [0.1, 0.15) is 6.54 Å². The van der Waals surface area contributed by atoms with Crippen molar-refractivity contribution in [3.05, 3.63) is 54.1 Å². The zero-order valence-corrected chi connectivity index (χ0v) is 18.6. The van der Waals surface area contributed by atoms with E-state index in [1.54, 1.807) is 6.07 Å². The van der Waals surface area contributed by atoms with Gasteiger partial charge in [0.25, 0.3) is 0 Å². The highest BCUT2D eigenvalue weighted by Gasteiger charge is 2.29. The molecule has 0 unspecified atom stereocenters. The fourth-order valence-corrected chi connectivity index (χ4v) is 4.93. The van der Waals surface area contributed by atoms with E-state index in [0.29, 0.717) is 12.2 Å². The van der Waals surface area contributed by atoms with Crippen LogP contribution in [0.25, 0.3) is 0 Å². The smallest absolute Gasteiger partial charge is 0.242 e. The third kappa shape index (κ3) is 5.21. The molecule has 3 rings (SSSR count). The van der Waals surface area contributed by atoms with Crippen LogP contribution in [0.1, 0.15) is 12.0 Å². The van der Waals surface area contributed by atoms with E-state index >= 15 is 0 Å². The number of aryl methyl sites for hydroxylation is 1. The third-order valence-electron chi connectivity index (χ3n) is 4.76. The normalized spacial score (nSPS) is 14.0. The van der Waals surface area contributed by atoms with Crippen LogP contribution >= 0.6 is 11.8 Å². The lowest BCUT2D eigenvalue weighted by Crippen LogP contribution is -2.43. The molecule has 1 aliphatic heterocycles. The van der Waals surface area contributed by atoms with Crippen molar-refractivity contribution in [2.24, 2.45) is 0 Å². The van der Waals surface area contributed by atoms with Gasteiger partial charge in [-0.3, -0.25) is 9.59 Å². The van der Waals surface area contributed by atoms with E-state index in [1.165, 1.54) is 48.5 Å². The number of hydrogen-bond acceptors (Lipinski definition) is 5. The molecule has 0 atom stereocenters. The average Bonchev–Trinajstić information content (AvgIpc) is 2.73. The number of benzene rings is 2. The Morgan fingerprint density at radius 1 is 1.17 bits per heavy atom. The molecule has 9 heteroatoms. The number of rotatable bonds is 8. The molecule has 0 bridgehead atoms. The number of sulfonamides is 1. The average molecular weight is 448 g/mol. The van der Waals surface area contributed by atoms with Crippen LogP contribution in [0.15, 0.2) is 58.3 Å². The Morgan fingerprint density at radius 2 is 1.90 bits per heavy atom. The first kappa shape index (κ1) is 22.3. The van der Waals surface area contributed by atoms with E-state index in [4.69, 9.17) is 0 Å². The second kappa shape index (κ2) is 9.63. The summed E-state index contributed by atoms with van der Waals surface area (Å²) < 4.78 is 26.0. The monoisotopic (exact) mass is 447 g/mol. The molecule has 0 radical (unpaired) electrons. The molecule has 1 aliphatic rings. The Hall–Kier alpha value is -2.36. The Kier molecular flexibility index (Phi) is 7.17. The second-order valence-electron chi connectivity index (χ2n) is 7.12. The van der Waals surface area contributed by atoms with Gasteiger partial charge >= 0.3 is 0 Å². The van der Waals surface area contributed by atoms with Crippen molar-refractivity contribution in [3.63, 3.8) is 0 Å². The quantitative estimate of drug-likeness (QED) is 0.627. The molecule has 2 aromatic rings. The van der Waals surface area contributed by atoms with Gasteiger partial charge in [-0.1, -0.05) is 30.3 Å². The molecule has 2 aromatic carbocycles. The van der Waals surface area contributed by atoms with Crippen molar-refractivity contribution in [1.29, 1.82) is 0 Å². The van der Waals surface area contributed by atoms with Crippen LogP contribution in [0.3, 0.4) is 0 Å². The van der Waals surface area contributed by atoms with E-state index in [1.807, 2.05) is 30.3 Å². The summed E-state index contributed by atoms with van der Waals surface area (Å²) in [5, 5.41) is 2.85. The van der Waals surface area contributed by atoms with Crippen LogP contribution in [-0.4, -0.2) is 57.5 Å². The molecule has 160 valence electrons. The van der Waals surface area contributed by atoms with Crippen LogP contribution in [0.5, 0.6) is 0 Å². The van der Waals surface area contributed by atoms with Crippen molar-refractivity contribution in [2.75, 3.05) is 37.8 Å². The van der Waals surface area contributed by atoms with Crippen LogP contribution in [0.2, 0.25) is 0 Å². The van der Waals surface area contributed by atoms with E-state index in [9.17, 15) is 18.0 Å². The number of anilines is 1. The summed E-state index contributed by atoms with van der Waals surface area (Å²) in [4.78, 5) is 27.1. The standard InChI is InChI=1S/C21H25N3O4S2/c1-23(2)30(27,28)17-10-11-19-18(13-17)24(21(26)15-29-19)14-20(25)22-12-6-9-16-7-4-3-5-8-16/h3-5,7-8,10-11,13H,6,9,12,14-15H2,1-2H3,(H,22,25). The van der Waals surface area contributed by atoms with Gasteiger partial charge < -0.3 is 10.2 Å². The largest absolute Gasteiger partial charge is 0.355 e. The number of fused-ring (bicyclic) bond motifs is 1. The van der Waals surface area contributed by atoms with Crippen LogP contribution in [0.4, 0.5) is 5.69 Å². The van der Waals surface area contributed by atoms with Gasteiger partial charge in [-0.25, -0.2) is 12.7 Å². The minimum absolute atomic E-state index is 0.0924. The fraction of sp³-hybridized carbons (Fsp3) is 0.333. The van der Waals surface area contributed by atoms with Crippen molar-refractivity contribution < 1.29 is 18.0 Å².